The molecule has 0 spiro atoms. The van der Waals surface area contributed by atoms with Gasteiger partial charge in [-0.15, -0.1) is 0 Å². The van der Waals surface area contributed by atoms with Crippen LogP contribution >= 0.6 is 0 Å². The van der Waals surface area contributed by atoms with E-state index in [9.17, 15) is 4.79 Å². The molecule has 0 heterocycles. The largest absolute Gasteiger partial charge is 0.462 e. The molecule has 16 heavy (non-hydrogen) atoms. The number of nitrogens with zero attached hydrogens (tertiary/aromatic N) is 1. The average Bonchev–Trinajstić information content (AvgIpc) is 2.12. The highest BCUT2D eigenvalue weighted by molar-refractivity contribution is 5.71. The highest BCUT2D eigenvalue weighted by atomic mass is 16.5. The van der Waals surface area contributed by atoms with Crippen LogP contribution in [0.5, 0.6) is 0 Å². The molecule has 4 nitrogen and oxygen atoms in total. The quantitative estimate of drug-likeness (QED) is 0.669. The maximum absolute atomic E-state index is 11.3. The van der Waals surface area contributed by atoms with E-state index in [2.05, 4.69) is 13.8 Å². The fourth-order valence-electron chi connectivity index (χ4n) is 1.30. The van der Waals surface area contributed by atoms with Crippen molar-refractivity contribution in [1.29, 1.82) is 0 Å². The minimum Gasteiger partial charge on any atom is -0.462 e. The zero-order chi connectivity index (χ0) is 12.7. The first-order valence-corrected chi connectivity index (χ1v) is 5.96. The molecule has 0 radical (unpaired) electrons. The van der Waals surface area contributed by atoms with Gasteiger partial charge in [0.05, 0.1) is 12.6 Å². The molecule has 0 bridgehead atoms. The lowest BCUT2D eigenvalue weighted by Crippen LogP contribution is -2.34. The van der Waals surface area contributed by atoms with Crippen molar-refractivity contribution in [2.75, 3.05) is 20.1 Å². The normalized spacial score (nSPS) is 13.6. The van der Waals surface area contributed by atoms with Gasteiger partial charge in [-0.2, -0.15) is 0 Å². The van der Waals surface area contributed by atoms with E-state index < -0.39 is 0 Å². The van der Waals surface area contributed by atoms with Crippen LogP contribution in [0.2, 0.25) is 0 Å². The zero-order valence-electron chi connectivity index (χ0n) is 11.2. The van der Waals surface area contributed by atoms with Crippen LogP contribution in [0, 0.1) is 5.92 Å². The van der Waals surface area contributed by atoms with Crippen LogP contribution in [0.4, 0.5) is 0 Å². The molecule has 0 saturated heterocycles. The van der Waals surface area contributed by atoms with Crippen LogP contribution in [0.1, 0.15) is 34.1 Å². The number of likely N-dealkylation sites (N-methyl/N-ethyl adjacent to an activating group) is 1. The SMILES string of the molecule is CC(C)OC(=O)CN(C)CCC(N)C(C)C. The number of carbonyl (C=O) groups is 1. The molecular weight excluding hydrogens is 204 g/mol. The van der Waals surface area contributed by atoms with E-state index in [1.165, 1.54) is 0 Å². The molecule has 96 valence electrons. The maximum Gasteiger partial charge on any atom is 0.320 e. The molecule has 0 aliphatic rings. The number of nitrogens with two attached hydrogens (primary N) is 1. The summed E-state index contributed by atoms with van der Waals surface area (Å²) in [5.41, 5.74) is 5.93. The number of hydrogen-bond donors (Lipinski definition) is 1. The smallest absolute Gasteiger partial charge is 0.320 e. The van der Waals surface area contributed by atoms with Gasteiger partial charge in [-0.05, 0) is 39.8 Å². The molecule has 0 aliphatic heterocycles. The van der Waals surface area contributed by atoms with E-state index in [0.29, 0.717) is 12.5 Å². The molecule has 0 saturated carbocycles. The molecule has 0 fully saturated rings. The number of rotatable bonds is 7. The fourth-order valence-corrected chi connectivity index (χ4v) is 1.30. The van der Waals surface area contributed by atoms with E-state index >= 15 is 0 Å². The van der Waals surface area contributed by atoms with E-state index in [4.69, 9.17) is 10.5 Å². The Morgan fingerprint density at radius 1 is 1.31 bits per heavy atom. The van der Waals surface area contributed by atoms with Gasteiger partial charge in [0.2, 0.25) is 0 Å². The highest BCUT2D eigenvalue weighted by Crippen LogP contribution is 2.03. The molecule has 1 atom stereocenters. The van der Waals surface area contributed by atoms with E-state index in [0.717, 1.165) is 13.0 Å². The summed E-state index contributed by atoms with van der Waals surface area (Å²) in [5.74, 6) is 0.312. The number of carbonyl (C=O) groups excluding carboxylic acids is 1. The highest BCUT2D eigenvalue weighted by Gasteiger charge is 2.12. The van der Waals surface area contributed by atoms with E-state index in [1.54, 1.807) is 0 Å². The number of ether oxygens (including phenoxy) is 1. The summed E-state index contributed by atoms with van der Waals surface area (Å²) in [4.78, 5) is 13.3. The molecule has 0 aromatic carbocycles. The van der Waals surface area contributed by atoms with Gasteiger partial charge >= 0.3 is 5.97 Å². The Morgan fingerprint density at radius 3 is 2.31 bits per heavy atom. The number of esters is 1. The maximum atomic E-state index is 11.3. The summed E-state index contributed by atoms with van der Waals surface area (Å²) >= 11 is 0. The van der Waals surface area contributed by atoms with Gasteiger partial charge in [0, 0.05) is 6.04 Å². The Hall–Kier alpha value is -0.610. The first-order valence-electron chi connectivity index (χ1n) is 5.96. The average molecular weight is 230 g/mol. The topological polar surface area (TPSA) is 55.6 Å². The standard InChI is InChI=1S/C12H26N2O2/c1-9(2)11(13)6-7-14(5)8-12(15)16-10(3)4/h9-11H,6-8,13H2,1-5H3. The van der Waals surface area contributed by atoms with E-state index in [-0.39, 0.29) is 18.1 Å². The van der Waals surface area contributed by atoms with Gasteiger partial charge in [-0.25, -0.2) is 0 Å². The summed E-state index contributed by atoms with van der Waals surface area (Å²) in [6.45, 7) is 9.09. The van der Waals surface area contributed by atoms with Crippen LogP contribution in [0.3, 0.4) is 0 Å². The summed E-state index contributed by atoms with van der Waals surface area (Å²) in [6, 6.07) is 0.198. The van der Waals surface area contributed by atoms with Gasteiger partial charge in [0.15, 0.2) is 0 Å². The molecular formula is C12H26N2O2. The van der Waals surface area contributed by atoms with Gasteiger partial charge in [0.1, 0.15) is 0 Å². The molecule has 0 aliphatic carbocycles. The fraction of sp³-hybridized carbons (Fsp3) is 0.917. The van der Waals surface area contributed by atoms with Crippen LogP contribution in [-0.4, -0.2) is 43.2 Å². The van der Waals surface area contributed by atoms with Crippen molar-refractivity contribution >= 4 is 5.97 Å². The second-order valence-electron chi connectivity index (χ2n) is 4.97. The van der Waals surface area contributed by atoms with Crippen LogP contribution in [-0.2, 0) is 9.53 Å². The van der Waals surface area contributed by atoms with Crippen molar-refractivity contribution in [3.05, 3.63) is 0 Å². The van der Waals surface area contributed by atoms with Crippen molar-refractivity contribution in [3.63, 3.8) is 0 Å². The Labute approximate surface area is 99.1 Å². The minimum atomic E-state index is -0.171. The van der Waals surface area contributed by atoms with Crippen molar-refractivity contribution < 1.29 is 9.53 Å². The second kappa shape index (κ2) is 7.63. The first-order chi connectivity index (χ1) is 7.32. The summed E-state index contributed by atoms with van der Waals surface area (Å²) < 4.78 is 5.06. The molecule has 2 N–H and O–H groups in total. The monoisotopic (exact) mass is 230 g/mol. The minimum absolute atomic E-state index is 0.0428. The van der Waals surface area contributed by atoms with Crippen molar-refractivity contribution in [2.24, 2.45) is 11.7 Å². The Balaban J connectivity index is 3.73. The van der Waals surface area contributed by atoms with Gasteiger partial charge in [-0.1, -0.05) is 13.8 Å². The first kappa shape index (κ1) is 15.4. The third-order valence-electron chi connectivity index (χ3n) is 2.47. The van der Waals surface area contributed by atoms with Crippen LogP contribution in [0.25, 0.3) is 0 Å². The van der Waals surface area contributed by atoms with Gasteiger partial charge in [-0.3, -0.25) is 9.69 Å². The lowest BCUT2D eigenvalue weighted by Gasteiger charge is -2.21. The van der Waals surface area contributed by atoms with Crippen molar-refractivity contribution in [2.45, 2.75) is 46.3 Å². The molecule has 1 unspecified atom stereocenters. The summed E-state index contributed by atoms with van der Waals surface area (Å²) in [6.07, 6.45) is 0.863. The molecule has 0 rings (SSSR count). The predicted octanol–water partition coefficient (Wildman–Crippen LogP) is 1.24. The zero-order valence-corrected chi connectivity index (χ0v) is 11.2. The Kier molecular flexibility index (Phi) is 7.34. The molecule has 0 amide bonds. The number of hydrogen-bond acceptors (Lipinski definition) is 4. The van der Waals surface area contributed by atoms with E-state index in [1.807, 2.05) is 25.8 Å². The molecule has 4 heteroatoms. The predicted molar refractivity (Wildman–Crippen MR) is 66.2 cm³/mol. The molecule has 0 aromatic heterocycles. The van der Waals surface area contributed by atoms with Crippen LogP contribution in [0.15, 0.2) is 0 Å². The summed E-state index contributed by atoms with van der Waals surface area (Å²) in [7, 11) is 1.91. The Morgan fingerprint density at radius 2 is 1.88 bits per heavy atom. The third kappa shape index (κ3) is 7.65. The van der Waals surface area contributed by atoms with Gasteiger partial charge < -0.3 is 10.5 Å². The lowest BCUT2D eigenvalue weighted by molar-refractivity contribution is -0.148. The van der Waals surface area contributed by atoms with Crippen LogP contribution < -0.4 is 5.73 Å². The van der Waals surface area contributed by atoms with Gasteiger partial charge in [0.25, 0.3) is 0 Å². The summed E-state index contributed by atoms with van der Waals surface area (Å²) in [5, 5.41) is 0. The van der Waals surface area contributed by atoms with Crippen molar-refractivity contribution in [1.82, 2.24) is 4.90 Å². The lowest BCUT2D eigenvalue weighted by atomic mass is 10.0. The van der Waals surface area contributed by atoms with Crippen molar-refractivity contribution in [3.8, 4) is 0 Å². The third-order valence-corrected chi connectivity index (χ3v) is 2.47. The Bertz CT molecular complexity index is 205. The molecule has 0 aromatic rings. The second-order valence-corrected chi connectivity index (χ2v) is 4.97.